The van der Waals surface area contributed by atoms with Gasteiger partial charge in [-0.05, 0) is 58.3 Å². The minimum Gasteiger partial charge on any atom is -0.507 e. The summed E-state index contributed by atoms with van der Waals surface area (Å²) < 4.78 is 13.1. The van der Waals surface area contributed by atoms with E-state index >= 15 is 0 Å². The highest BCUT2D eigenvalue weighted by Crippen LogP contribution is 2.18. The number of halogens is 1. The van der Waals surface area contributed by atoms with Crippen LogP contribution < -0.4 is 0 Å². The highest BCUT2D eigenvalue weighted by Gasteiger charge is 2.15. The Balaban J connectivity index is 2.60. The molecule has 20 heavy (non-hydrogen) atoms. The van der Waals surface area contributed by atoms with Gasteiger partial charge in [0.1, 0.15) is 11.6 Å². The van der Waals surface area contributed by atoms with E-state index < -0.39 is 5.82 Å². The Morgan fingerprint density at radius 2 is 2.00 bits per heavy atom. The second kappa shape index (κ2) is 7.97. The summed E-state index contributed by atoms with van der Waals surface area (Å²) in [7, 11) is 4.01. The van der Waals surface area contributed by atoms with Crippen LogP contribution >= 0.6 is 0 Å². The molecular weight excluding hydrogens is 259 g/mol. The number of carbonyl (C=O) groups is 1. The highest BCUT2D eigenvalue weighted by atomic mass is 19.1. The Morgan fingerprint density at radius 1 is 1.30 bits per heavy atom. The first-order valence-corrected chi connectivity index (χ1v) is 6.82. The van der Waals surface area contributed by atoms with Crippen LogP contribution in [-0.2, 0) is 0 Å². The molecule has 1 rings (SSSR count). The Bertz CT molecular complexity index is 449. The molecule has 5 heteroatoms. The molecule has 0 saturated carbocycles. The molecule has 1 N–H and O–H groups in total. The normalized spacial score (nSPS) is 11.3. The minimum atomic E-state index is -0.512. The number of likely N-dealkylation sites (N-methyl/N-ethyl adjacent to an activating group) is 1. The number of nitrogens with zero attached hydrogens (tertiary/aromatic N) is 2. The van der Waals surface area contributed by atoms with Crippen molar-refractivity contribution in [1.29, 1.82) is 0 Å². The van der Waals surface area contributed by atoms with E-state index in [0.29, 0.717) is 0 Å². The van der Waals surface area contributed by atoms with E-state index in [0.717, 1.165) is 38.2 Å². The number of aromatic hydroxyl groups is 1. The Hall–Kier alpha value is -1.46. The molecule has 0 atom stereocenters. The van der Waals surface area contributed by atoms with Crippen molar-refractivity contribution >= 4 is 5.78 Å². The first-order valence-electron chi connectivity index (χ1n) is 6.82. The third-order valence-electron chi connectivity index (χ3n) is 3.15. The Labute approximate surface area is 119 Å². The van der Waals surface area contributed by atoms with Crippen LogP contribution in [0, 0.1) is 5.82 Å². The van der Waals surface area contributed by atoms with Gasteiger partial charge in [-0.15, -0.1) is 0 Å². The van der Waals surface area contributed by atoms with Gasteiger partial charge in [0, 0.05) is 0 Å². The van der Waals surface area contributed by atoms with E-state index in [1.54, 1.807) is 0 Å². The van der Waals surface area contributed by atoms with Crippen LogP contribution in [0.5, 0.6) is 5.75 Å². The van der Waals surface area contributed by atoms with Gasteiger partial charge < -0.3 is 10.0 Å². The maximum atomic E-state index is 13.1. The van der Waals surface area contributed by atoms with E-state index in [-0.39, 0.29) is 23.6 Å². The topological polar surface area (TPSA) is 43.8 Å². The van der Waals surface area contributed by atoms with Crippen molar-refractivity contribution in [3.63, 3.8) is 0 Å². The van der Waals surface area contributed by atoms with E-state index in [9.17, 15) is 14.3 Å². The molecule has 0 radical (unpaired) electrons. The molecule has 0 heterocycles. The summed E-state index contributed by atoms with van der Waals surface area (Å²) in [5.74, 6) is -0.934. The van der Waals surface area contributed by atoms with Gasteiger partial charge >= 0.3 is 0 Å². The molecule has 1 aromatic carbocycles. The second-order valence-corrected chi connectivity index (χ2v) is 5.11. The van der Waals surface area contributed by atoms with Gasteiger partial charge in [-0.25, -0.2) is 4.39 Å². The number of phenols is 1. The fourth-order valence-corrected chi connectivity index (χ4v) is 1.98. The van der Waals surface area contributed by atoms with E-state index in [2.05, 4.69) is 4.90 Å². The van der Waals surface area contributed by atoms with Crippen molar-refractivity contribution < 1.29 is 14.3 Å². The van der Waals surface area contributed by atoms with Gasteiger partial charge in [-0.1, -0.05) is 6.92 Å². The second-order valence-electron chi connectivity index (χ2n) is 5.11. The molecule has 1 aromatic rings. The van der Waals surface area contributed by atoms with E-state index in [1.165, 1.54) is 6.07 Å². The van der Waals surface area contributed by atoms with Crippen LogP contribution in [0.3, 0.4) is 0 Å². The smallest absolute Gasteiger partial charge is 0.180 e. The number of hydrogen-bond acceptors (Lipinski definition) is 4. The van der Waals surface area contributed by atoms with Crippen LogP contribution in [0.2, 0.25) is 0 Å². The standard InChI is InChI=1S/C15H23FN2O2/c1-4-18(9-5-8-17(2)3)11-15(20)13-10-12(16)6-7-14(13)19/h6-7,10,19H,4-5,8-9,11H2,1-3H3. The zero-order valence-corrected chi connectivity index (χ0v) is 12.4. The van der Waals surface area contributed by atoms with Crippen molar-refractivity contribution in [1.82, 2.24) is 9.80 Å². The lowest BCUT2D eigenvalue weighted by atomic mass is 10.1. The van der Waals surface area contributed by atoms with Crippen molar-refractivity contribution in [2.24, 2.45) is 0 Å². The van der Waals surface area contributed by atoms with Crippen molar-refractivity contribution in [2.75, 3.05) is 40.3 Å². The Kier molecular flexibility index (Phi) is 6.61. The number of carbonyl (C=O) groups excluding carboxylic acids is 1. The predicted octanol–water partition coefficient (Wildman–Crippen LogP) is 1.99. The van der Waals surface area contributed by atoms with Crippen LogP contribution in [0.15, 0.2) is 18.2 Å². The third kappa shape index (κ3) is 5.27. The summed E-state index contributed by atoms with van der Waals surface area (Å²) in [6.07, 6.45) is 0.962. The molecule has 0 unspecified atom stereocenters. The molecule has 0 aliphatic carbocycles. The van der Waals surface area contributed by atoms with Gasteiger partial charge in [-0.2, -0.15) is 0 Å². The molecule has 112 valence electrons. The van der Waals surface area contributed by atoms with Gasteiger partial charge in [0.15, 0.2) is 5.78 Å². The zero-order valence-electron chi connectivity index (χ0n) is 12.4. The maximum Gasteiger partial charge on any atom is 0.180 e. The monoisotopic (exact) mass is 282 g/mol. The van der Waals surface area contributed by atoms with Crippen molar-refractivity contribution in [3.05, 3.63) is 29.6 Å². The molecule has 0 fully saturated rings. The van der Waals surface area contributed by atoms with Crippen LogP contribution in [0.1, 0.15) is 23.7 Å². The molecule has 0 aliphatic rings. The molecule has 0 spiro atoms. The van der Waals surface area contributed by atoms with Gasteiger partial charge in [0.2, 0.25) is 0 Å². The van der Waals surface area contributed by atoms with Gasteiger partial charge in [-0.3, -0.25) is 9.69 Å². The minimum absolute atomic E-state index is 0.0519. The van der Waals surface area contributed by atoms with Crippen LogP contribution in [0.4, 0.5) is 4.39 Å². The van der Waals surface area contributed by atoms with Crippen molar-refractivity contribution in [2.45, 2.75) is 13.3 Å². The summed E-state index contributed by atoms with van der Waals surface area (Å²) >= 11 is 0. The first-order chi connectivity index (χ1) is 9.43. The molecule has 0 saturated heterocycles. The fraction of sp³-hybridized carbons (Fsp3) is 0.533. The molecule has 4 nitrogen and oxygen atoms in total. The SMILES string of the molecule is CCN(CCCN(C)C)CC(=O)c1cc(F)ccc1O. The first kappa shape index (κ1) is 16.6. The number of rotatable bonds is 8. The highest BCUT2D eigenvalue weighted by molar-refractivity contribution is 5.99. The lowest BCUT2D eigenvalue weighted by Gasteiger charge is -2.20. The number of Topliss-reactive ketones (excluding diaryl/α,β-unsaturated/α-hetero) is 1. The fourth-order valence-electron chi connectivity index (χ4n) is 1.98. The quantitative estimate of drug-likeness (QED) is 0.741. The number of ketones is 1. The maximum absolute atomic E-state index is 13.1. The lowest BCUT2D eigenvalue weighted by molar-refractivity contribution is 0.0928. The average Bonchev–Trinajstić information content (AvgIpc) is 2.39. The Morgan fingerprint density at radius 3 is 2.60 bits per heavy atom. The predicted molar refractivity (Wildman–Crippen MR) is 77.7 cm³/mol. The third-order valence-corrected chi connectivity index (χ3v) is 3.15. The summed E-state index contributed by atoms with van der Waals surface area (Å²) in [6.45, 7) is 4.68. The molecule has 0 aliphatic heterocycles. The van der Waals surface area contributed by atoms with Gasteiger partial charge in [0.05, 0.1) is 12.1 Å². The van der Waals surface area contributed by atoms with Crippen LogP contribution in [-0.4, -0.2) is 61.0 Å². The molecule has 0 amide bonds. The lowest BCUT2D eigenvalue weighted by Crippen LogP contribution is -2.32. The molecular formula is C15H23FN2O2. The van der Waals surface area contributed by atoms with E-state index in [4.69, 9.17) is 0 Å². The number of phenolic OH excluding ortho intramolecular Hbond substituents is 1. The largest absolute Gasteiger partial charge is 0.507 e. The van der Waals surface area contributed by atoms with Crippen molar-refractivity contribution in [3.8, 4) is 5.75 Å². The summed E-state index contributed by atoms with van der Waals surface area (Å²) in [5.41, 5.74) is 0.0519. The summed E-state index contributed by atoms with van der Waals surface area (Å²) in [4.78, 5) is 16.2. The zero-order chi connectivity index (χ0) is 15.1. The molecule has 0 bridgehead atoms. The van der Waals surface area contributed by atoms with E-state index in [1.807, 2.05) is 25.9 Å². The summed E-state index contributed by atoms with van der Waals surface area (Å²) in [6, 6.07) is 3.44. The number of hydrogen-bond donors (Lipinski definition) is 1. The van der Waals surface area contributed by atoms with Crippen LogP contribution in [0.25, 0.3) is 0 Å². The van der Waals surface area contributed by atoms with Gasteiger partial charge in [0.25, 0.3) is 0 Å². The summed E-state index contributed by atoms with van der Waals surface area (Å²) in [5, 5.41) is 9.63. The molecule has 0 aromatic heterocycles. The number of benzene rings is 1. The average molecular weight is 282 g/mol.